The summed E-state index contributed by atoms with van der Waals surface area (Å²) in [5.41, 5.74) is 5.20. The van der Waals surface area contributed by atoms with Crippen LogP contribution in [0.25, 0.3) is 0 Å². The van der Waals surface area contributed by atoms with Gasteiger partial charge in [-0.15, -0.1) is 0 Å². The second-order valence-corrected chi connectivity index (χ2v) is 2.19. The SMILES string of the molecule is CCC(CN)C(O)C(=O)O. The molecule has 2 atom stereocenters. The van der Waals surface area contributed by atoms with Gasteiger partial charge in [-0.25, -0.2) is 4.79 Å². The fourth-order valence-corrected chi connectivity index (χ4v) is 0.720. The van der Waals surface area contributed by atoms with Gasteiger partial charge in [0.2, 0.25) is 0 Å². The standard InChI is InChI=1S/C6H13NO3/c1-2-4(3-7)5(8)6(9)10/h4-5,8H,2-3,7H2,1H3,(H,9,10). The molecule has 0 aliphatic carbocycles. The number of carbonyl (C=O) groups is 1. The van der Waals surface area contributed by atoms with Crippen molar-refractivity contribution in [2.75, 3.05) is 6.54 Å². The third kappa shape index (κ3) is 2.33. The molecule has 0 aliphatic heterocycles. The Labute approximate surface area is 59.7 Å². The van der Waals surface area contributed by atoms with Gasteiger partial charge < -0.3 is 15.9 Å². The maximum Gasteiger partial charge on any atom is 0.332 e. The highest BCUT2D eigenvalue weighted by Crippen LogP contribution is 2.06. The van der Waals surface area contributed by atoms with E-state index in [4.69, 9.17) is 15.9 Å². The van der Waals surface area contributed by atoms with Crippen molar-refractivity contribution >= 4 is 5.97 Å². The van der Waals surface area contributed by atoms with E-state index in [0.717, 1.165) is 0 Å². The normalized spacial score (nSPS) is 16.3. The predicted octanol–water partition coefficient (Wildman–Crippen LogP) is -0.583. The number of carboxylic acid groups (broad SMARTS) is 1. The lowest BCUT2D eigenvalue weighted by molar-refractivity contribution is -0.149. The number of rotatable bonds is 4. The smallest absolute Gasteiger partial charge is 0.332 e. The fraction of sp³-hybridized carbons (Fsp3) is 0.833. The van der Waals surface area contributed by atoms with Gasteiger partial charge in [-0.2, -0.15) is 0 Å². The van der Waals surface area contributed by atoms with Crippen LogP contribution in [0, 0.1) is 5.92 Å². The zero-order valence-electron chi connectivity index (χ0n) is 5.95. The zero-order chi connectivity index (χ0) is 8.15. The van der Waals surface area contributed by atoms with Crippen LogP contribution >= 0.6 is 0 Å². The molecule has 0 saturated carbocycles. The molecule has 4 heteroatoms. The molecular weight excluding hydrogens is 134 g/mol. The molecule has 4 nitrogen and oxygen atoms in total. The number of nitrogens with two attached hydrogens (primary N) is 1. The van der Waals surface area contributed by atoms with Crippen molar-refractivity contribution in [2.24, 2.45) is 11.7 Å². The van der Waals surface area contributed by atoms with Crippen molar-refractivity contribution in [3.05, 3.63) is 0 Å². The maximum atomic E-state index is 10.2. The van der Waals surface area contributed by atoms with Gasteiger partial charge in [0.1, 0.15) is 0 Å². The van der Waals surface area contributed by atoms with E-state index in [9.17, 15) is 4.79 Å². The van der Waals surface area contributed by atoms with Crippen LogP contribution in [0.3, 0.4) is 0 Å². The Morgan fingerprint density at radius 2 is 2.20 bits per heavy atom. The summed E-state index contributed by atoms with van der Waals surface area (Å²) in [7, 11) is 0. The maximum absolute atomic E-state index is 10.2. The van der Waals surface area contributed by atoms with Gasteiger partial charge in [-0.1, -0.05) is 6.92 Å². The van der Waals surface area contributed by atoms with Crippen molar-refractivity contribution in [3.63, 3.8) is 0 Å². The summed E-state index contributed by atoms with van der Waals surface area (Å²) in [6.45, 7) is 2.01. The molecule has 10 heavy (non-hydrogen) atoms. The van der Waals surface area contributed by atoms with Crippen LogP contribution in [0.2, 0.25) is 0 Å². The van der Waals surface area contributed by atoms with Gasteiger partial charge >= 0.3 is 5.97 Å². The summed E-state index contributed by atoms with van der Waals surface area (Å²) in [6, 6.07) is 0. The molecule has 4 N–H and O–H groups in total. The Morgan fingerprint density at radius 1 is 1.70 bits per heavy atom. The monoisotopic (exact) mass is 147 g/mol. The highest BCUT2D eigenvalue weighted by molar-refractivity contribution is 5.72. The van der Waals surface area contributed by atoms with Crippen LogP contribution in [-0.2, 0) is 4.79 Å². The highest BCUT2D eigenvalue weighted by Gasteiger charge is 2.22. The van der Waals surface area contributed by atoms with E-state index >= 15 is 0 Å². The molecule has 0 spiro atoms. The minimum absolute atomic E-state index is 0.212. The van der Waals surface area contributed by atoms with Gasteiger partial charge in [-0.3, -0.25) is 0 Å². The molecular formula is C6H13NO3. The largest absolute Gasteiger partial charge is 0.479 e. The Bertz CT molecular complexity index is 112. The molecule has 60 valence electrons. The van der Waals surface area contributed by atoms with Crippen LogP contribution in [0.4, 0.5) is 0 Å². The third-order valence-corrected chi connectivity index (χ3v) is 1.53. The first-order valence-electron chi connectivity index (χ1n) is 3.24. The number of hydrogen-bond donors (Lipinski definition) is 3. The van der Waals surface area contributed by atoms with Crippen molar-refractivity contribution in [3.8, 4) is 0 Å². The van der Waals surface area contributed by atoms with Crippen molar-refractivity contribution in [1.82, 2.24) is 0 Å². The van der Waals surface area contributed by atoms with Gasteiger partial charge in [0.15, 0.2) is 6.10 Å². The van der Waals surface area contributed by atoms with E-state index in [1.165, 1.54) is 0 Å². The van der Waals surface area contributed by atoms with Crippen molar-refractivity contribution in [1.29, 1.82) is 0 Å². The number of carboxylic acids is 1. The lowest BCUT2D eigenvalue weighted by Crippen LogP contribution is -2.33. The first kappa shape index (κ1) is 9.39. The molecule has 2 unspecified atom stereocenters. The zero-order valence-corrected chi connectivity index (χ0v) is 5.95. The number of hydrogen-bond acceptors (Lipinski definition) is 3. The summed E-state index contributed by atoms with van der Waals surface area (Å²) >= 11 is 0. The van der Waals surface area contributed by atoms with Crippen LogP contribution in [-0.4, -0.2) is 28.8 Å². The molecule has 0 fully saturated rings. The predicted molar refractivity (Wildman–Crippen MR) is 36.5 cm³/mol. The average Bonchev–Trinajstić information content (AvgIpc) is 1.90. The molecule has 0 saturated heterocycles. The topological polar surface area (TPSA) is 83.5 Å². The van der Waals surface area contributed by atoms with E-state index in [1.54, 1.807) is 6.92 Å². The first-order chi connectivity index (χ1) is 4.63. The van der Waals surface area contributed by atoms with E-state index < -0.39 is 12.1 Å². The van der Waals surface area contributed by atoms with Crippen molar-refractivity contribution < 1.29 is 15.0 Å². The van der Waals surface area contributed by atoms with Gasteiger partial charge in [0, 0.05) is 5.92 Å². The number of aliphatic hydroxyl groups is 1. The van der Waals surface area contributed by atoms with E-state index in [1.807, 2.05) is 0 Å². The summed E-state index contributed by atoms with van der Waals surface area (Å²) in [5.74, 6) is -1.52. The van der Waals surface area contributed by atoms with E-state index in [2.05, 4.69) is 0 Å². The molecule has 0 aromatic carbocycles. The van der Waals surface area contributed by atoms with Crippen LogP contribution in [0.1, 0.15) is 13.3 Å². The second-order valence-electron chi connectivity index (χ2n) is 2.19. The minimum atomic E-state index is -1.31. The summed E-state index contributed by atoms with van der Waals surface area (Å²) in [5, 5.41) is 17.2. The molecule has 0 aliphatic rings. The fourth-order valence-electron chi connectivity index (χ4n) is 0.720. The summed E-state index contributed by atoms with van der Waals surface area (Å²) in [6.07, 6.45) is -0.723. The molecule has 0 heterocycles. The van der Waals surface area contributed by atoms with Gasteiger partial charge in [-0.05, 0) is 13.0 Å². The molecule has 0 bridgehead atoms. The quantitative estimate of drug-likeness (QED) is 0.496. The minimum Gasteiger partial charge on any atom is -0.479 e. The molecule has 0 aromatic heterocycles. The Kier molecular flexibility index (Phi) is 3.99. The third-order valence-electron chi connectivity index (χ3n) is 1.53. The summed E-state index contributed by atoms with van der Waals surface area (Å²) < 4.78 is 0. The van der Waals surface area contributed by atoms with Crippen LogP contribution in [0.15, 0.2) is 0 Å². The molecule has 0 rings (SSSR count). The average molecular weight is 147 g/mol. The van der Waals surface area contributed by atoms with Gasteiger partial charge in [0.05, 0.1) is 0 Å². The van der Waals surface area contributed by atoms with Crippen LogP contribution in [0.5, 0.6) is 0 Å². The number of aliphatic hydroxyl groups excluding tert-OH is 1. The van der Waals surface area contributed by atoms with Crippen molar-refractivity contribution in [2.45, 2.75) is 19.4 Å². The second kappa shape index (κ2) is 4.24. The van der Waals surface area contributed by atoms with Gasteiger partial charge in [0.25, 0.3) is 0 Å². The number of aliphatic carboxylic acids is 1. The van der Waals surface area contributed by atoms with Crippen LogP contribution < -0.4 is 5.73 Å². The van der Waals surface area contributed by atoms with E-state index in [0.29, 0.717) is 6.42 Å². The molecule has 0 radical (unpaired) electrons. The Balaban J connectivity index is 3.88. The lowest BCUT2D eigenvalue weighted by atomic mass is 10.0. The summed E-state index contributed by atoms with van der Waals surface area (Å²) in [4.78, 5) is 10.2. The van der Waals surface area contributed by atoms with E-state index in [-0.39, 0.29) is 12.5 Å². The molecule has 0 amide bonds. The molecule has 0 aromatic rings. The highest BCUT2D eigenvalue weighted by atomic mass is 16.4. The Hall–Kier alpha value is -0.610. The first-order valence-corrected chi connectivity index (χ1v) is 3.24. The lowest BCUT2D eigenvalue weighted by Gasteiger charge is -2.14. The Morgan fingerprint density at radius 3 is 2.30 bits per heavy atom.